The molecule has 8 nitrogen and oxygen atoms in total. The highest BCUT2D eigenvalue weighted by Crippen LogP contribution is 2.19. The van der Waals surface area contributed by atoms with Crippen molar-refractivity contribution in [1.82, 2.24) is 20.8 Å². The molecule has 0 saturated carbocycles. The summed E-state index contributed by atoms with van der Waals surface area (Å²) in [7, 11) is 0. The van der Waals surface area contributed by atoms with Crippen LogP contribution in [0, 0.1) is 11.3 Å². The molecule has 0 aliphatic heterocycles. The van der Waals surface area contributed by atoms with Crippen LogP contribution in [-0.2, 0) is 6.42 Å². The van der Waals surface area contributed by atoms with Crippen molar-refractivity contribution in [1.29, 1.82) is 5.26 Å². The van der Waals surface area contributed by atoms with E-state index in [4.69, 9.17) is 16.7 Å². The molecule has 1 atom stereocenters. The van der Waals surface area contributed by atoms with Crippen LogP contribution in [-0.4, -0.2) is 41.5 Å². The van der Waals surface area contributed by atoms with Crippen molar-refractivity contribution in [2.24, 2.45) is 5.73 Å². The number of carbonyl (C=O) groups is 1. The molecule has 0 radical (unpaired) electrons. The quantitative estimate of drug-likeness (QED) is 0.468. The highest BCUT2D eigenvalue weighted by Gasteiger charge is 2.39. The molecule has 0 fully saturated rings. The molecule has 0 bridgehead atoms. The van der Waals surface area contributed by atoms with Gasteiger partial charge in [0.15, 0.2) is 5.82 Å². The van der Waals surface area contributed by atoms with E-state index in [9.17, 15) is 18.0 Å². The molecule has 1 unspecified atom stereocenters. The maximum absolute atomic E-state index is 12.4. The van der Waals surface area contributed by atoms with Gasteiger partial charge in [0.05, 0.1) is 5.69 Å². The summed E-state index contributed by atoms with van der Waals surface area (Å²) in [6, 6.07) is -1.17. The number of aryl methyl sites for hydroxylation is 1. The fourth-order valence-corrected chi connectivity index (χ4v) is 1.65. The molecule has 1 rings (SSSR count). The van der Waals surface area contributed by atoms with Gasteiger partial charge in [-0.25, -0.2) is 4.79 Å². The number of amides is 2. The van der Waals surface area contributed by atoms with Crippen LogP contribution in [0.15, 0.2) is 0 Å². The van der Waals surface area contributed by atoms with Gasteiger partial charge in [0.25, 0.3) is 0 Å². The van der Waals surface area contributed by atoms with Crippen LogP contribution >= 0.6 is 0 Å². The van der Waals surface area contributed by atoms with E-state index in [0.717, 1.165) is 0 Å². The number of aromatic nitrogens is 2. The van der Waals surface area contributed by atoms with Gasteiger partial charge >= 0.3 is 12.2 Å². The van der Waals surface area contributed by atoms with Gasteiger partial charge in [0.2, 0.25) is 0 Å². The minimum atomic E-state index is -4.60. The lowest BCUT2D eigenvalue weighted by molar-refractivity contribution is -0.150. The molecule has 122 valence electrons. The Morgan fingerprint density at radius 1 is 1.50 bits per heavy atom. The second-order valence-electron chi connectivity index (χ2n) is 4.41. The first-order valence-corrected chi connectivity index (χ1v) is 6.33. The van der Waals surface area contributed by atoms with E-state index >= 15 is 0 Å². The third-order valence-electron chi connectivity index (χ3n) is 2.81. The highest BCUT2D eigenvalue weighted by atomic mass is 19.4. The van der Waals surface area contributed by atoms with Crippen molar-refractivity contribution in [3.63, 3.8) is 0 Å². The number of nitrogens with two attached hydrogens (primary N) is 2. The maximum Gasteiger partial charge on any atom is 0.409 e. The molecule has 0 saturated heterocycles. The minimum Gasteiger partial charge on any atom is -0.381 e. The average Bonchev–Trinajstić information content (AvgIpc) is 2.79. The predicted octanol–water partition coefficient (Wildman–Crippen LogP) is -0.0150. The Morgan fingerprint density at radius 2 is 2.18 bits per heavy atom. The van der Waals surface area contributed by atoms with Crippen molar-refractivity contribution < 1.29 is 18.0 Å². The number of nitrogen functional groups attached to an aromatic ring is 1. The van der Waals surface area contributed by atoms with Crippen molar-refractivity contribution in [2.75, 3.05) is 18.8 Å². The zero-order valence-corrected chi connectivity index (χ0v) is 11.5. The average molecular weight is 319 g/mol. The standard InChI is InChI=1S/C11H16F3N7O/c12-11(13,14)8(5-16)19-10(22)18-3-1-2-7-6(4-15)9(17)21-20-7/h8H,1-3,5,16H2,(H3,17,20,21)(H2,18,19,22). The first-order chi connectivity index (χ1) is 10.3. The summed E-state index contributed by atoms with van der Waals surface area (Å²) >= 11 is 0. The number of carbonyl (C=O) groups excluding carboxylic acids is 1. The molecule has 0 spiro atoms. The number of hydrogen-bond acceptors (Lipinski definition) is 5. The fraction of sp³-hybridized carbons (Fsp3) is 0.545. The largest absolute Gasteiger partial charge is 0.409 e. The molecular formula is C11H16F3N7O. The number of hydrogen-bond donors (Lipinski definition) is 5. The van der Waals surface area contributed by atoms with E-state index in [-0.39, 0.29) is 17.9 Å². The number of urea groups is 1. The number of nitriles is 1. The molecule has 1 aromatic heterocycles. The smallest absolute Gasteiger partial charge is 0.381 e. The number of anilines is 1. The van der Waals surface area contributed by atoms with Crippen LogP contribution in [0.3, 0.4) is 0 Å². The summed E-state index contributed by atoms with van der Waals surface area (Å²) in [6.45, 7) is -0.624. The Hall–Kier alpha value is -2.48. The van der Waals surface area contributed by atoms with Gasteiger partial charge in [-0.05, 0) is 12.8 Å². The Balaban J connectivity index is 2.35. The molecule has 0 aromatic carbocycles. The van der Waals surface area contributed by atoms with Crippen LogP contribution in [0.25, 0.3) is 0 Å². The van der Waals surface area contributed by atoms with E-state index in [1.54, 1.807) is 5.32 Å². The molecule has 1 heterocycles. The van der Waals surface area contributed by atoms with Crippen LogP contribution < -0.4 is 22.1 Å². The van der Waals surface area contributed by atoms with Crippen molar-refractivity contribution in [2.45, 2.75) is 25.1 Å². The molecule has 2 amide bonds. The Kier molecular flexibility index (Phi) is 6.00. The van der Waals surface area contributed by atoms with Crippen molar-refractivity contribution in [3.05, 3.63) is 11.3 Å². The lowest BCUT2D eigenvalue weighted by Crippen LogP contribution is -2.53. The molecule has 11 heteroatoms. The topological polar surface area (TPSA) is 146 Å². The molecule has 0 aliphatic rings. The van der Waals surface area contributed by atoms with Gasteiger partial charge in [0.1, 0.15) is 17.7 Å². The van der Waals surface area contributed by atoms with E-state index in [1.807, 2.05) is 6.07 Å². The molecule has 7 N–H and O–H groups in total. The fourth-order valence-electron chi connectivity index (χ4n) is 1.65. The van der Waals surface area contributed by atoms with Crippen molar-refractivity contribution >= 4 is 11.8 Å². The summed E-state index contributed by atoms with van der Waals surface area (Å²) in [4.78, 5) is 11.3. The van der Waals surface area contributed by atoms with Crippen LogP contribution in [0.5, 0.6) is 0 Å². The number of aromatic amines is 1. The number of nitrogens with one attached hydrogen (secondary N) is 3. The van der Waals surface area contributed by atoms with Crippen LogP contribution in [0.2, 0.25) is 0 Å². The number of halogens is 3. The monoisotopic (exact) mass is 319 g/mol. The van der Waals surface area contributed by atoms with Gasteiger partial charge in [0, 0.05) is 13.1 Å². The van der Waals surface area contributed by atoms with Crippen molar-refractivity contribution in [3.8, 4) is 6.07 Å². The van der Waals surface area contributed by atoms with Gasteiger partial charge in [-0.1, -0.05) is 0 Å². The predicted molar refractivity (Wildman–Crippen MR) is 71.5 cm³/mol. The Morgan fingerprint density at radius 3 is 2.73 bits per heavy atom. The zero-order chi connectivity index (χ0) is 16.8. The zero-order valence-electron chi connectivity index (χ0n) is 11.5. The summed E-state index contributed by atoms with van der Waals surface area (Å²) in [5.41, 5.74) is 11.1. The van der Waals surface area contributed by atoms with Crippen LogP contribution in [0.4, 0.5) is 23.8 Å². The normalized spacial score (nSPS) is 12.5. The van der Waals surface area contributed by atoms with E-state index in [1.165, 1.54) is 0 Å². The summed E-state index contributed by atoms with van der Waals surface area (Å²) < 4.78 is 37.2. The number of H-pyrrole nitrogens is 1. The first-order valence-electron chi connectivity index (χ1n) is 6.33. The molecule has 1 aromatic rings. The second kappa shape index (κ2) is 7.51. The summed E-state index contributed by atoms with van der Waals surface area (Å²) in [5, 5.41) is 19.1. The van der Waals surface area contributed by atoms with Gasteiger partial charge in [-0.15, -0.1) is 0 Å². The minimum absolute atomic E-state index is 0.0826. The molecule has 22 heavy (non-hydrogen) atoms. The van der Waals surface area contributed by atoms with Gasteiger partial charge in [-0.3, -0.25) is 5.10 Å². The van der Waals surface area contributed by atoms with E-state index < -0.39 is 24.8 Å². The maximum atomic E-state index is 12.4. The summed E-state index contributed by atoms with van der Waals surface area (Å²) in [6.07, 6.45) is -3.84. The highest BCUT2D eigenvalue weighted by molar-refractivity contribution is 5.74. The molecular weight excluding hydrogens is 303 g/mol. The number of rotatable bonds is 6. The second-order valence-corrected chi connectivity index (χ2v) is 4.41. The molecule has 0 aliphatic carbocycles. The first kappa shape index (κ1) is 17.6. The summed E-state index contributed by atoms with van der Waals surface area (Å²) in [5.74, 6) is 0.0826. The third kappa shape index (κ3) is 4.81. The van der Waals surface area contributed by atoms with Gasteiger partial charge in [-0.2, -0.15) is 23.5 Å². The van der Waals surface area contributed by atoms with E-state index in [0.29, 0.717) is 18.5 Å². The Labute approximate surface area is 124 Å². The lowest BCUT2D eigenvalue weighted by atomic mass is 10.1. The van der Waals surface area contributed by atoms with E-state index in [2.05, 4.69) is 15.5 Å². The third-order valence-corrected chi connectivity index (χ3v) is 2.81. The van der Waals surface area contributed by atoms with Gasteiger partial charge < -0.3 is 22.1 Å². The number of alkyl halides is 3. The Bertz CT molecular complexity index is 549. The SMILES string of the molecule is N#Cc1c(N)n[nH]c1CCCNC(=O)NC(CN)C(F)(F)F. The van der Waals surface area contributed by atoms with Crippen LogP contribution in [0.1, 0.15) is 17.7 Å². The number of nitrogens with zero attached hydrogens (tertiary/aromatic N) is 2. The lowest BCUT2D eigenvalue weighted by Gasteiger charge is -2.20.